The van der Waals surface area contributed by atoms with Gasteiger partial charge in [-0.05, 0) is 49.9 Å². The van der Waals surface area contributed by atoms with Crippen molar-refractivity contribution in [2.24, 2.45) is 0 Å². The summed E-state index contributed by atoms with van der Waals surface area (Å²) < 4.78 is 5.88. The van der Waals surface area contributed by atoms with E-state index < -0.39 is 0 Å². The molecule has 0 radical (unpaired) electrons. The number of halogens is 1. The smallest absolute Gasteiger partial charge is 0.138 e. The Hall–Kier alpha value is -0.770. The van der Waals surface area contributed by atoms with Crippen LogP contribution in [-0.2, 0) is 6.54 Å². The summed E-state index contributed by atoms with van der Waals surface area (Å²) in [5.41, 5.74) is 1.15. The molecule has 0 amide bonds. The van der Waals surface area contributed by atoms with Crippen LogP contribution in [0.25, 0.3) is 0 Å². The minimum atomic E-state index is -0.370. The molecule has 4 heteroatoms. The van der Waals surface area contributed by atoms with E-state index >= 15 is 0 Å². The molecule has 1 aromatic rings. The highest BCUT2D eigenvalue weighted by atomic mass is 35.5. The third kappa shape index (κ3) is 4.37. The normalized spacial score (nSPS) is 22.8. The van der Waals surface area contributed by atoms with E-state index in [9.17, 15) is 5.11 Å². The van der Waals surface area contributed by atoms with Gasteiger partial charge >= 0.3 is 0 Å². The monoisotopic (exact) mass is 297 g/mol. The third-order valence-corrected chi connectivity index (χ3v) is 3.99. The molecule has 1 aliphatic rings. The SMILES string of the molecule is CCCNCc1ccc(OC2CCCCC2O)c(Cl)c1. The Bertz CT molecular complexity index is 425. The molecule has 0 aromatic heterocycles. The maximum absolute atomic E-state index is 9.94. The van der Waals surface area contributed by atoms with Gasteiger partial charge in [0.25, 0.3) is 0 Å². The fourth-order valence-corrected chi connectivity index (χ4v) is 2.78. The molecule has 1 aromatic carbocycles. The second-order valence-corrected chi connectivity index (χ2v) is 5.86. The number of aliphatic hydroxyl groups is 1. The highest BCUT2D eigenvalue weighted by Gasteiger charge is 2.25. The third-order valence-electron chi connectivity index (χ3n) is 3.70. The molecule has 2 N–H and O–H groups in total. The van der Waals surface area contributed by atoms with E-state index in [1.807, 2.05) is 18.2 Å². The zero-order chi connectivity index (χ0) is 14.4. The maximum atomic E-state index is 9.94. The topological polar surface area (TPSA) is 41.5 Å². The molecule has 0 saturated heterocycles. The minimum absolute atomic E-state index is 0.120. The quantitative estimate of drug-likeness (QED) is 0.789. The van der Waals surface area contributed by atoms with E-state index in [0.717, 1.165) is 50.8 Å². The number of benzene rings is 1. The molecule has 112 valence electrons. The average molecular weight is 298 g/mol. The number of rotatable bonds is 6. The molecule has 0 spiro atoms. The van der Waals surface area contributed by atoms with E-state index in [1.54, 1.807) is 0 Å². The van der Waals surface area contributed by atoms with Crippen molar-refractivity contribution >= 4 is 11.6 Å². The van der Waals surface area contributed by atoms with Crippen LogP contribution in [0.5, 0.6) is 5.75 Å². The van der Waals surface area contributed by atoms with Crippen LogP contribution in [0.4, 0.5) is 0 Å². The zero-order valence-electron chi connectivity index (χ0n) is 12.1. The van der Waals surface area contributed by atoms with Crippen molar-refractivity contribution in [1.29, 1.82) is 0 Å². The predicted octanol–water partition coefficient (Wildman–Crippen LogP) is 3.52. The van der Waals surface area contributed by atoms with Gasteiger partial charge in [0, 0.05) is 6.54 Å². The number of hydrogen-bond acceptors (Lipinski definition) is 3. The van der Waals surface area contributed by atoms with Gasteiger partial charge in [0.2, 0.25) is 0 Å². The van der Waals surface area contributed by atoms with Crippen molar-refractivity contribution in [3.63, 3.8) is 0 Å². The van der Waals surface area contributed by atoms with Gasteiger partial charge in [-0.1, -0.05) is 31.0 Å². The summed E-state index contributed by atoms with van der Waals surface area (Å²) in [7, 11) is 0. The van der Waals surface area contributed by atoms with Crippen molar-refractivity contribution in [2.75, 3.05) is 6.54 Å². The van der Waals surface area contributed by atoms with Crippen molar-refractivity contribution in [3.05, 3.63) is 28.8 Å². The first kappa shape index (κ1) is 15.6. The molecular formula is C16H24ClNO2. The minimum Gasteiger partial charge on any atom is -0.486 e. The number of ether oxygens (including phenoxy) is 1. The van der Waals surface area contributed by atoms with E-state index in [4.69, 9.17) is 16.3 Å². The van der Waals surface area contributed by atoms with Crippen LogP contribution < -0.4 is 10.1 Å². The van der Waals surface area contributed by atoms with Gasteiger partial charge in [-0.2, -0.15) is 0 Å². The molecule has 2 rings (SSSR count). The van der Waals surface area contributed by atoms with Crippen LogP contribution in [0.3, 0.4) is 0 Å². The summed E-state index contributed by atoms with van der Waals surface area (Å²) in [5, 5.41) is 13.9. The van der Waals surface area contributed by atoms with Crippen molar-refractivity contribution in [2.45, 2.75) is 57.8 Å². The van der Waals surface area contributed by atoms with Gasteiger partial charge in [-0.15, -0.1) is 0 Å². The van der Waals surface area contributed by atoms with Gasteiger partial charge < -0.3 is 15.2 Å². The molecule has 2 unspecified atom stereocenters. The first-order valence-electron chi connectivity index (χ1n) is 7.54. The Kier molecular flexibility index (Phi) is 6.14. The van der Waals surface area contributed by atoms with Gasteiger partial charge in [0.15, 0.2) is 0 Å². The second kappa shape index (κ2) is 7.87. The van der Waals surface area contributed by atoms with Crippen LogP contribution in [-0.4, -0.2) is 23.9 Å². The first-order chi connectivity index (χ1) is 9.70. The standard InChI is InChI=1S/C16H24ClNO2/c1-2-9-18-11-12-7-8-15(13(17)10-12)20-16-6-4-3-5-14(16)19/h7-8,10,14,16,18-19H,2-6,9,11H2,1H3. The molecule has 1 aliphatic carbocycles. The van der Waals surface area contributed by atoms with Crippen molar-refractivity contribution in [1.82, 2.24) is 5.32 Å². The molecule has 1 saturated carbocycles. The van der Waals surface area contributed by atoms with Crippen LogP contribution in [0, 0.1) is 0 Å². The fraction of sp³-hybridized carbons (Fsp3) is 0.625. The molecular weight excluding hydrogens is 274 g/mol. The second-order valence-electron chi connectivity index (χ2n) is 5.45. The summed E-state index contributed by atoms with van der Waals surface area (Å²) in [6.07, 6.45) is 4.54. The summed E-state index contributed by atoms with van der Waals surface area (Å²) in [5.74, 6) is 0.678. The lowest BCUT2D eigenvalue weighted by Crippen LogP contribution is -2.34. The van der Waals surface area contributed by atoms with Gasteiger partial charge in [0.1, 0.15) is 11.9 Å². The first-order valence-corrected chi connectivity index (χ1v) is 7.92. The largest absolute Gasteiger partial charge is 0.486 e. The summed E-state index contributed by atoms with van der Waals surface area (Å²) in [6, 6.07) is 5.88. The molecule has 0 heterocycles. The van der Waals surface area contributed by atoms with Crippen LogP contribution in [0.15, 0.2) is 18.2 Å². The van der Waals surface area contributed by atoms with E-state index in [0.29, 0.717) is 10.8 Å². The fourth-order valence-electron chi connectivity index (χ4n) is 2.54. The summed E-state index contributed by atoms with van der Waals surface area (Å²) in [6.45, 7) is 3.97. The number of hydrogen-bond donors (Lipinski definition) is 2. The Balaban J connectivity index is 1.94. The lowest BCUT2D eigenvalue weighted by atomic mass is 9.95. The predicted molar refractivity (Wildman–Crippen MR) is 82.3 cm³/mol. The lowest BCUT2D eigenvalue weighted by Gasteiger charge is -2.28. The van der Waals surface area contributed by atoms with Gasteiger partial charge in [0.05, 0.1) is 11.1 Å². The molecule has 3 nitrogen and oxygen atoms in total. The van der Waals surface area contributed by atoms with Crippen LogP contribution >= 0.6 is 11.6 Å². The number of aliphatic hydroxyl groups excluding tert-OH is 1. The average Bonchev–Trinajstić information content (AvgIpc) is 2.44. The van der Waals surface area contributed by atoms with Gasteiger partial charge in [-0.25, -0.2) is 0 Å². The van der Waals surface area contributed by atoms with E-state index in [-0.39, 0.29) is 12.2 Å². The lowest BCUT2D eigenvalue weighted by molar-refractivity contribution is 0.00692. The maximum Gasteiger partial charge on any atom is 0.138 e. The highest BCUT2D eigenvalue weighted by molar-refractivity contribution is 6.32. The van der Waals surface area contributed by atoms with Gasteiger partial charge in [-0.3, -0.25) is 0 Å². The highest BCUT2D eigenvalue weighted by Crippen LogP contribution is 2.30. The number of nitrogens with one attached hydrogen (secondary N) is 1. The summed E-state index contributed by atoms with van der Waals surface area (Å²) >= 11 is 6.27. The Morgan fingerprint density at radius 1 is 1.35 bits per heavy atom. The molecule has 0 aliphatic heterocycles. The van der Waals surface area contributed by atoms with Crippen molar-refractivity contribution in [3.8, 4) is 5.75 Å². The van der Waals surface area contributed by atoms with Crippen LogP contribution in [0.1, 0.15) is 44.6 Å². The molecule has 2 atom stereocenters. The van der Waals surface area contributed by atoms with E-state index in [2.05, 4.69) is 12.2 Å². The molecule has 20 heavy (non-hydrogen) atoms. The Morgan fingerprint density at radius 3 is 2.85 bits per heavy atom. The molecule has 0 bridgehead atoms. The van der Waals surface area contributed by atoms with Crippen molar-refractivity contribution < 1.29 is 9.84 Å². The summed E-state index contributed by atoms with van der Waals surface area (Å²) in [4.78, 5) is 0. The van der Waals surface area contributed by atoms with Crippen LogP contribution in [0.2, 0.25) is 5.02 Å². The Morgan fingerprint density at radius 2 is 2.15 bits per heavy atom. The zero-order valence-corrected chi connectivity index (χ0v) is 12.8. The van der Waals surface area contributed by atoms with E-state index in [1.165, 1.54) is 0 Å². The molecule has 1 fully saturated rings. The Labute approximate surface area is 126 Å².